The van der Waals surface area contributed by atoms with Gasteiger partial charge in [0, 0.05) is 24.0 Å². The second-order valence-corrected chi connectivity index (χ2v) is 9.78. The van der Waals surface area contributed by atoms with E-state index < -0.39 is 0 Å². The molecule has 0 radical (unpaired) electrons. The summed E-state index contributed by atoms with van der Waals surface area (Å²) in [6, 6.07) is 16.4. The molecule has 0 amide bonds. The summed E-state index contributed by atoms with van der Waals surface area (Å²) in [5, 5.41) is 10.8. The van der Waals surface area contributed by atoms with Crippen LogP contribution < -0.4 is 20.1 Å². The number of aromatic nitrogens is 2. The fourth-order valence-electron chi connectivity index (χ4n) is 4.12. The summed E-state index contributed by atoms with van der Waals surface area (Å²) in [7, 11) is 1.91. The fraction of sp³-hybridized carbons (Fsp3) is 0.154. The van der Waals surface area contributed by atoms with E-state index in [1.165, 1.54) is 0 Å². The van der Waals surface area contributed by atoms with Gasteiger partial charge >= 0.3 is 0 Å². The van der Waals surface area contributed by atoms with E-state index in [0.29, 0.717) is 19.0 Å². The van der Waals surface area contributed by atoms with Gasteiger partial charge in [-0.3, -0.25) is 0 Å². The van der Waals surface area contributed by atoms with Crippen molar-refractivity contribution >= 4 is 50.8 Å². The van der Waals surface area contributed by atoms with Crippen molar-refractivity contribution in [2.24, 2.45) is 0 Å². The van der Waals surface area contributed by atoms with Crippen LogP contribution in [0, 0.1) is 6.92 Å². The normalized spacial score (nSPS) is 12.6. The topological polar surface area (TPSA) is 68.3 Å². The number of hydrogen-bond donors (Lipinski definition) is 2. The lowest BCUT2D eigenvalue weighted by molar-refractivity contribution is 0.172. The van der Waals surface area contributed by atoms with Gasteiger partial charge in [0.15, 0.2) is 11.5 Å². The largest absolute Gasteiger partial charge is 0.486 e. The summed E-state index contributed by atoms with van der Waals surface area (Å²) in [5.41, 5.74) is 7.01. The van der Waals surface area contributed by atoms with Crippen molar-refractivity contribution < 1.29 is 9.47 Å². The lowest BCUT2D eigenvalue weighted by Crippen LogP contribution is -2.18. The van der Waals surface area contributed by atoms with E-state index in [9.17, 15) is 0 Å². The van der Waals surface area contributed by atoms with Gasteiger partial charge in [0.05, 0.1) is 15.3 Å². The van der Waals surface area contributed by atoms with Crippen molar-refractivity contribution in [2.45, 2.75) is 6.92 Å². The second-order valence-electron chi connectivity index (χ2n) is 7.88. The SMILES string of the molecule is CNc1ccc(Nc2c3c(c(C)c4nc(-c5cccs5)c(-c5cccs5)nc24)OCCO3)cc1. The second kappa shape index (κ2) is 8.62. The minimum atomic E-state index is 0.490. The van der Waals surface area contributed by atoms with Crippen molar-refractivity contribution in [3.8, 4) is 32.6 Å². The molecule has 2 aromatic carbocycles. The quantitative estimate of drug-likeness (QED) is 0.280. The molecule has 2 N–H and O–H groups in total. The number of anilines is 3. The molecule has 34 heavy (non-hydrogen) atoms. The molecule has 4 heterocycles. The van der Waals surface area contributed by atoms with E-state index in [1.54, 1.807) is 22.7 Å². The maximum atomic E-state index is 6.13. The van der Waals surface area contributed by atoms with Crippen LogP contribution in [0.1, 0.15) is 5.56 Å². The van der Waals surface area contributed by atoms with E-state index in [-0.39, 0.29) is 0 Å². The minimum absolute atomic E-state index is 0.490. The van der Waals surface area contributed by atoms with Crippen LogP contribution in [-0.4, -0.2) is 30.2 Å². The molecule has 0 atom stereocenters. The Hall–Kier alpha value is -3.62. The average molecular weight is 487 g/mol. The number of ether oxygens (including phenoxy) is 2. The number of fused-ring (bicyclic) bond motifs is 2. The van der Waals surface area contributed by atoms with Gasteiger partial charge in [-0.05, 0) is 54.1 Å². The highest BCUT2D eigenvalue weighted by molar-refractivity contribution is 7.14. The summed E-state index contributed by atoms with van der Waals surface area (Å²) in [5.74, 6) is 1.41. The van der Waals surface area contributed by atoms with E-state index >= 15 is 0 Å². The molecule has 170 valence electrons. The number of aryl methyl sites for hydroxylation is 1. The van der Waals surface area contributed by atoms with Gasteiger partial charge in [0.1, 0.15) is 35.8 Å². The number of nitrogens with zero attached hydrogens (tertiary/aromatic N) is 2. The Morgan fingerprint density at radius 1 is 0.765 bits per heavy atom. The molecular formula is C26H22N4O2S2. The zero-order valence-corrected chi connectivity index (χ0v) is 20.3. The zero-order chi connectivity index (χ0) is 23.1. The van der Waals surface area contributed by atoms with Crippen LogP contribution in [0.15, 0.2) is 59.3 Å². The lowest BCUT2D eigenvalue weighted by Gasteiger charge is -2.25. The third-order valence-corrected chi connectivity index (χ3v) is 7.54. The Labute approximate surface area is 205 Å². The molecule has 0 fully saturated rings. The minimum Gasteiger partial charge on any atom is -0.486 e. The highest BCUT2D eigenvalue weighted by Gasteiger charge is 2.27. The molecule has 6 rings (SSSR count). The smallest absolute Gasteiger partial charge is 0.187 e. The molecule has 3 aromatic heterocycles. The molecular weight excluding hydrogens is 464 g/mol. The average Bonchev–Trinajstić information content (AvgIpc) is 3.61. The number of hydrogen-bond acceptors (Lipinski definition) is 8. The van der Waals surface area contributed by atoms with Crippen LogP contribution >= 0.6 is 22.7 Å². The van der Waals surface area contributed by atoms with Crippen molar-refractivity contribution in [1.82, 2.24) is 9.97 Å². The number of rotatable bonds is 5. The lowest BCUT2D eigenvalue weighted by atomic mass is 10.1. The first-order valence-corrected chi connectivity index (χ1v) is 12.8. The zero-order valence-electron chi connectivity index (χ0n) is 18.7. The molecule has 5 aromatic rings. The third-order valence-electron chi connectivity index (χ3n) is 5.79. The molecule has 0 saturated heterocycles. The highest BCUT2D eigenvalue weighted by Crippen LogP contribution is 2.48. The molecule has 1 aliphatic heterocycles. The van der Waals surface area contributed by atoms with Crippen LogP contribution in [0.4, 0.5) is 17.1 Å². The molecule has 0 spiro atoms. The van der Waals surface area contributed by atoms with Gasteiger partial charge in [0.2, 0.25) is 0 Å². The monoisotopic (exact) mass is 486 g/mol. The van der Waals surface area contributed by atoms with Gasteiger partial charge in [0.25, 0.3) is 0 Å². The van der Waals surface area contributed by atoms with E-state index in [4.69, 9.17) is 19.4 Å². The summed E-state index contributed by atoms with van der Waals surface area (Å²) in [6.07, 6.45) is 0. The van der Waals surface area contributed by atoms with Gasteiger partial charge < -0.3 is 20.1 Å². The molecule has 8 heteroatoms. The van der Waals surface area contributed by atoms with Crippen molar-refractivity contribution in [1.29, 1.82) is 0 Å². The van der Waals surface area contributed by atoms with Crippen LogP contribution in [0.5, 0.6) is 11.5 Å². The predicted octanol–water partition coefficient (Wildman–Crippen LogP) is 6.95. The van der Waals surface area contributed by atoms with Crippen LogP contribution in [0.25, 0.3) is 32.2 Å². The molecule has 0 aliphatic carbocycles. The van der Waals surface area contributed by atoms with Gasteiger partial charge in [-0.15, -0.1) is 22.7 Å². The Balaban J connectivity index is 1.63. The molecule has 0 saturated carbocycles. The number of benzene rings is 2. The summed E-state index contributed by atoms with van der Waals surface area (Å²) in [6.45, 7) is 3.02. The van der Waals surface area contributed by atoms with Gasteiger partial charge in [-0.25, -0.2) is 9.97 Å². The molecule has 1 aliphatic rings. The first kappa shape index (κ1) is 20.9. The Morgan fingerprint density at radius 2 is 1.35 bits per heavy atom. The van der Waals surface area contributed by atoms with Crippen LogP contribution in [0.2, 0.25) is 0 Å². The summed E-state index contributed by atoms with van der Waals surface area (Å²) < 4.78 is 12.2. The van der Waals surface area contributed by atoms with E-state index in [0.717, 1.165) is 60.6 Å². The van der Waals surface area contributed by atoms with Gasteiger partial charge in [-0.1, -0.05) is 12.1 Å². The summed E-state index contributed by atoms with van der Waals surface area (Å²) in [4.78, 5) is 12.6. The third kappa shape index (κ3) is 3.55. The molecule has 0 unspecified atom stereocenters. The Kier molecular flexibility index (Phi) is 5.31. The maximum absolute atomic E-state index is 6.13. The van der Waals surface area contributed by atoms with Gasteiger partial charge in [-0.2, -0.15) is 0 Å². The van der Waals surface area contributed by atoms with Crippen molar-refractivity contribution in [3.05, 3.63) is 64.9 Å². The van der Waals surface area contributed by atoms with Crippen molar-refractivity contribution in [2.75, 3.05) is 30.9 Å². The molecule has 6 nitrogen and oxygen atoms in total. The first-order valence-electron chi connectivity index (χ1n) is 11.0. The number of thiophene rings is 2. The van der Waals surface area contributed by atoms with Crippen molar-refractivity contribution in [3.63, 3.8) is 0 Å². The summed E-state index contributed by atoms with van der Waals surface area (Å²) >= 11 is 3.33. The maximum Gasteiger partial charge on any atom is 0.187 e. The fourth-order valence-corrected chi connectivity index (χ4v) is 5.55. The Bertz CT molecular complexity index is 1460. The van der Waals surface area contributed by atoms with Crippen LogP contribution in [0.3, 0.4) is 0 Å². The molecule has 0 bridgehead atoms. The van der Waals surface area contributed by atoms with E-state index in [2.05, 4.69) is 33.5 Å². The number of nitrogens with one attached hydrogen (secondary N) is 2. The van der Waals surface area contributed by atoms with Crippen LogP contribution in [-0.2, 0) is 0 Å². The van der Waals surface area contributed by atoms with E-state index in [1.807, 2.05) is 50.4 Å². The predicted molar refractivity (Wildman–Crippen MR) is 141 cm³/mol. The standard InChI is InChI=1S/C26H22N4O2S2/c1-15-20-23(30-22(19-6-4-14-34-19)21(29-20)18-5-3-13-33-18)24(26-25(15)31-11-12-32-26)28-17-9-7-16(27-2)8-10-17/h3-10,13-14,27-28H,11-12H2,1-2H3. The first-order chi connectivity index (χ1) is 16.7. The highest BCUT2D eigenvalue weighted by atomic mass is 32.1. The Morgan fingerprint density at radius 3 is 1.94 bits per heavy atom.